The van der Waals surface area contributed by atoms with Crippen LogP contribution in [0.15, 0.2) is 121 Å². The summed E-state index contributed by atoms with van der Waals surface area (Å²) in [7, 11) is 0. The van der Waals surface area contributed by atoms with Crippen molar-refractivity contribution in [2.45, 2.75) is 0 Å². The lowest BCUT2D eigenvalue weighted by Crippen LogP contribution is -1.87. The van der Waals surface area contributed by atoms with E-state index in [1.54, 1.807) is 0 Å². The molecular formula is C32H20. The number of hydrogen-bond acceptors (Lipinski definition) is 0. The van der Waals surface area contributed by atoms with Crippen molar-refractivity contribution in [2.75, 3.05) is 0 Å². The van der Waals surface area contributed by atoms with E-state index in [-0.39, 0.29) is 0 Å². The van der Waals surface area contributed by atoms with Crippen LogP contribution in [-0.4, -0.2) is 0 Å². The van der Waals surface area contributed by atoms with Crippen molar-refractivity contribution in [1.82, 2.24) is 0 Å². The second-order valence-corrected chi connectivity index (χ2v) is 8.58. The van der Waals surface area contributed by atoms with Crippen molar-refractivity contribution >= 4 is 53.9 Å². The molecule has 0 heterocycles. The van der Waals surface area contributed by atoms with Gasteiger partial charge in [0.25, 0.3) is 0 Å². The molecule has 0 unspecified atom stereocenters. The molecule has 0 nitrogen and oxygen atoms in total. The molecule has 0 fully saturated rings. The summed E-state index contributed by atoms with van der Waals surface area (Å²) in [6.07, 6.45) is 0. The predicted molar refractivity (Wildman–Crippen MR) is 139 cm³/mol. The Morgan fingerprint density at radius 1 is 0.312 bits per heavy atom. The molecule has 0 radical (unpaired) electrons. The lowest BCUT2D eigenvalue weighted by atomic mass is 9.89. The van der Waals surface area contributed by atoms with Crippen LogP contribution in [0.25, 0.3) is 65.0 Å². The highest BCUT2D eigenvalue weighted by Crippen LogP contribution is 2.41. The highest BCUT2D eigenvalue weighted by molar-refractivity contribution is 6.29. The van der Waals surface area contributed by atoms with Gasteiger partial charge in [0.15, 0.2) is 0 Å². The van der Waals surface area contributed by atoms with Gasteiger partial charge >= 0.3 is 0 Å². The van der Waals surface area contributed by atoms with E-state index < -0.39 is 0 Å². The Morgan fingerprint density at radius 3 is 1.72 bits per heavy atom. The maximum absolute atomic E-state index is 2.38. The fourth-order valence-electron chi connectivity index (χ4n) is 5.29. The molecule has 0 spiro atoms. The van der Waals surface area contributed by atoms with Crippen LogP contribution in [0.4, 0.5) is 0 Å². The van der Waals surface area contributed by atoms with E-state index in [4.69, 9.17) is 0 Å². The van der Waals surface area contributed by atoms with Gasteiger partial charge in [0.05, 0.1) is 0 Å². The Morgan fingerprint density at radius 2 is 0.875 bits per heavy atom. The van der Waals surface area contributed by atoms with E-state index >= 15 is 0 Å². The monoisotopic (exact) mass is 404 g/mol. The number of hydrogen-bond donors (Lipinski definition) is 0. The Kier molecular flexibility index (Phi) is 3.65. The normalized spacial score (nSPS) is 11.8. The van der Waals surface area contributed by atoms with Gasteiger partial charge in [-0.2, -0.15) is 0 Å². The summed E-state index contributed by atoms with van der Waals surface area (Å²) >= 11 is 0. The quantitative estimate of drug-likeness (QED) is 0.239. The van der Waals surface area contributed by atoms with Crippen LogP contribution in [0.5, 0.6) is 0 Å². The maximum Gasteiger partial charge on any atom is -0.00201 e. The van der Waals surface area contributed by atoms with E-state index in [0.29, 0.717) is 0 Å². The SMILES string of the molecule is c1ccc2cc(-c3cc4ccc5ccc6ccccc6c5c4c4ccccc34)ccc2c1. The molecule has 0 aliphatic rings. The Bertz CT molecular complexity index is 1820. The van der Waals surface area contributed by atoms with Crippen LogP contribution in [0.3, 0.4) is 0 Å². The fraction of sp³-hybridized carbons (Fsp3) is 0. The lowest BCUT2D eigenvalue weighted by Gasteiger charge is -2.15. The van der Waals surface area contributed by atoms with E-state index in [2.05, 4.69) is 121 Å². The summed E-state index contributed by atoms with van der Waals surface area (Å²) in [4.78, 5) is 0. The molecule has 0 saturated carbocycles. The first-order valence-electron chi connectivity index (χ1n) is 11.1. The van der Waals surface area contributed by atoms with E-state index in [0.717, 1.165) is 0 Å². The summed E-state index contributed by atoms with van der Waals surface area (Å²) in [5.74, 6) is 0. The highest BCUT2D eigenvalue weighted by atomic mass is 14.2. The van der Waals surface area contributed by atoms with Crippen molar-refractivity contribution in [2.24, 2.45) is 0 Å². The zero-order chi connectivity index (χ0) is 21.1. The zero-order valence-electron chi connectivity index (χ0n) is 17.5. The third kappa shape index (κ3) is 2.50. The van der Waals surface area contributed by atoms with Gasteiger partial charge in [-0.25, -0.2) is 0 Å². The minimum atomic E-state index is 1.26. The molecule has 0 aromatic heterocycles. The topological polar surface area (TPSA) is 0 Å². The van der Waals surface area contributed by atoms with Gasteiger partial charge in [0.1, 0.15) is 0 Å². The highest BCUT2D eigenvalue weighted by Gasteiger charge is 2.13. The molecule has 7 rings (SSSR count). The molecule has 0 aliphatic carbocycles. The van der Waals surface area contributed by atoms with Gasteiger partial charge in [-0.05, 0) is 77.1 Å². The first-order chi connectivity index (χ1) is 15.9. The van der Waals surface area contributed by atoms with Crippen LogP contribution in [0.2, 0.25) is 0 Å². The number of fused-ring (bicyclic) bond motifs is 8. The second kappa shape index (κ2) is 6.67. The van der Waals surface area contributed by atoms with Crippen LogP contribution in [0, 0.1) is 0 Å². The molecule has 32 heavy (non-hydrogen) atoms. The van der Waals surface area contributed by atoms with Crippen molar-refractivity contribution in [1.29, 1.82) is 0 Å². The molecule has 148 valence electrons. The average molecular weight is 405 g/mol. The smallest absolute Gasteiger partial charge is 0.00201 e. The van der Waals surface area contributed by atoms with E-state index in [1.165, 1.54) is 65.0 Å². The molecule has 0 aliphatic heterocycles. The fourth-order valence-corrected chi connectivity index (χ4v) is 5.29. The maximum atomic E-state index is 2.38. The van der Waals surface area contributed by atoms with Crippen LogP contribution >= 0.6 is 0 Å². The molecule has 0 bridgehead atoms. The average Bonchev–Trinajstić information content (AvgIpc) is 2.87. The van der Waals surface area contributed by atoms with Crippen LogP contribution < -0.4 is 0 Å². The van der Waals surface area contributed by atoms with Gasteiger partial charge in [0.2, 0.25) is 0 Å². The Balaban J connectivity index is 1.66. The molecular weight excluding hydrogens is 384 g/mol. The number of rotatable bonds is 1. The third-order valence-electron chi connectivity index (χ3n) is 6.79. The van der Waals surface area contributed by atoms with Gasteiger partial charge in [-0.3, -0.25) is 0 Å². The Hall–Kier alpha value is -4.16. The lowest BCUT2D eigenvalue weighted by molar-refractivity contribution is 1.70. The largest absolute Gasteiger partial charge is 0.0616 e. The molecule has 7 aromatic rings. The van der Waals surface area contributed by atoms with Gasteiger partial charge in [0, 0.05) is 0 Å². The van der Waals surface area contributed by atoms with Crippen molar-refractivity contribution < 1.29 is 0 Å². The molecule has 0 N–H and O–H groups in total. The molecule has 0 heteroatoms. The minimum Gasteiger partial charge on any atom is -0.0616 e. The summed E-state index contributed by atoms with van der Waals surface area (Å²) in [5, 5.41) is 13.1. The summed E-state index contributed by atoms with van der Waals surface area (Å²) in [6, 6.07) is 44.4. The summed E-state index contributed by atoms with van der Waals surface area (Å²) in [5.41, 5.74) is 2.55. The van der Waals surface area contributed by atoms with Gasteiger partial charge < -0.3 is 0 Å². The van der Waals surface area contributed by atoms with E-state index in [1.807, 2.05) is 0 Å². The molecule has 0 amide bonds. The summed E-state index contributed by atoms with van der Waals surface area (Å²) in [6.45, 7) is 0. The first-order valence-corrected chi connectivity index (χ1v) is 11.1. The molecule has 0 saturated heterocycles. The molecule has 0 atom stereocenters. The van der Waals surface area contributed by atoms with E-state index in [9.17, 15) is 0 Å². The number of benzene rings is 7. The molecule has 7 aromatic carbocycles. The van der Waals surface area contributed by atoms with Crippen molar-refractivity contribution in [3.05, 3.63) is 121 Å². The summed E-state index contributed by atoms with van der Waals surface area (Å²) < 4.78 is 0. The first kappa shape index (κ1) is 17.5. The van der Waals surface area contributed by atoms with Crippen molar-refractivity contribution in [3.8, 4) is 11.1 Å². The predicted octanol–water partition coefficient (Wildman–Crippen LogP) is 9.12. The standard InChI is InChI=1S/C32H20/c1-2-9-24-19-25(17-13-21(24)7-1)30-20-26-18-16-23-15-14-22-8-3-4-10-27(22)31(23)32(26)29-12-6-5-11-28(29)30/h1-20H. The van der Waals surface area contributed by atoms with Gasteiger partial charge in [-0.15, -0.1) is 0 Å². The Labute approximate surface area is 186 Å². The van der Waals surface area contributed by atoms with Crippen LogP contribution in [-0.2, 0) is 0 Å². The second-order valence-electron chi connectivity index (χ2n) is 8.58. The van der Waals surface area contributed by atoms with Gasteiger partial charge in [-0.1, -0.05) is 109 Å². The minimum absolute atomic E-state index is 1.26. The van der Waals surface area contributed by atoms with Crippen LogP contribution in [0.1, 0.15) is 0 Å². The zero-order valence-corrected chi connectivity index (χ0v) is 17.5. The van der Waals surface area contributed by atoms with Crippen molar-refractivity contribution in [3.63, 3.8) is 0 Å². The third-order valence-corrected chi connectivity index (χ3v) is 6.79.